The quantitative estimate of drug-likeness (QED) is 0.131. The molecule has 0 bridgehead atoms. The maximum absolute atomic E-state index is 11.2. The van der Waals surface area contributed by atoms with Crippen LogP contribution in [0.4, 0.5) is 0 Å². The molecule has 0 unspecified atom stereocenters. The molecule has 0 aliphatic heterocycles. The molecule has 6 rings (SSSR count). The summed E-state index contributed by atoms with van der Waals surface area (Å²) in [5.74, 6) is 2.49. The van der Waals surface area contributed by atoms with E-state index in [4.69, 9.17) is 24.1 Å². The first-order valence-electron chi connectivity index (χ1n) is 15.0. The number of hydrogen-bond donors (Lipinski definition) is 1. The number of hydrogen-bond acceptors (Lipinski definition) is 8. The van der Waals surface area contributed by atoms with Crippen LogP contribution in [0.25, 0.3) is 0 Å². The van der Waals surface area contributed by atoms with Crippen molar-refractivity contribution in [2.45, 2.75) is 20.1 Å². The van der Waals surface area contributed by atoms with E-state index in [1.807, 2.05) is 97.1 Å². The van der Waals surface area contributed by atoms with Crippen LogP contribution < -0.4 is 18.9 Å². The molecule has 0 atom stereocenters. The van der Waals surface area contributed by atoms with Crippen molar-refractivity contribution in [1.29, 1.82) is 0 Å². The molecule has 0 aliphatic carbocycles. The van der Waals surface area contributed by atoms with E-state index in [2.05, 4.69) is 9.97 Å². The van der Waals surface area contributed by atoms with Crippen LogP contribution in [0.2, 0.25) is 0 Å². The summed E-state index contributed by atoms with van der Waals surface area (Å²) in [6.07, 6.45) is 2.77. The highest BCUT2D eigenvalue weighted by atomic mass is 16.5. The summed E-state index contributed by atoms with van der Waals surface area (Å²) in [4.78, 5) is 30.1. The summed E-state index contributed by atoms with van der Waals surface area (Å²) in [6.45, 7) is 2.53. The third-order valence-electron chi connectivity index (χ3n) is 6.72. The number of rotatable bonds is 12. The minimum atomic E-state index is -1.02. The number of ether oxygens (including phenoxy) is 4. The lowest BCUT2D eigenvalue weighted by molar-refractivity contribution is 0.0696. The number of benzene rings is 4. The summed E-state index contributed by atoms with van der Waals surface area (Å²) >= 11 is 0. The first-order chi connectivity index (χ1) is 23.4. The molecule has 0 saturated carbocycles. The molecule has 0 saturated heterocycles. The first kappa shape index (κ1) is 32.9. The van der Waals surface area contributed by atoms with Gasteiger partial charge in [-0.1, -0.05) is 60.7 Å². The highest BCUT2D eigenvalue weighted by Gasteiger charge is 2.06. The Kier molecular flexibility index (Phi) is 11.5. The van der Waals surface area contributed by atoms with Crippen molar-refractivity contribution in [3.05, 3.63) is 168 Å². The normalized spacial score (nSPS) is 10.2. The molecule has 2 heterocycles. The molecule has 4 aromatic carbocycles. The summed E-state index contributed by atoms with van der Waals surface area (Å²) in [7, 11) is 0. The van der Waals surface area contributed by atoms with Gasteiger partial charge in [-0.3, -0.25) is 4.79 Å². The van der Waals surface area contributed by atoms with Gasteiger partial charge in [0.05, 0.1) is 5.56 Å². The highest BCUT2D eigenvalue weighted by molar-refractivity contribution is 5.93. The first-order valence-corrected chi connectivity index (χ1v) is 15.0. The summed E-state index contributed by atoms with van der Waals surface area (Å²) in [5.41, 5.74) is 2.90. The van der Waals surface area contributed by atoms with E-state index in [-0.39, 0.29) is 11.3 Å². The lowest BCUT2D eigenvalue weighted by Gasteiger charge is -2.08. The van der Waals surface area contributed by atoms with E-state index >= 15 is 0 Å². The molecule has 0 amide bonds. The van der Waals surface area contributed by atoms with Crippen LogP contribution in [0.3, 0.4) is 0 Å². The van der Waals surface area contributed by atoms with Crippen molar-refractivity contribution in [3.63, 3.8) is 0 Å². The Labute approximate surface area is 278 Å². The van der Waals surface area contributed by atoms with Gasteiger partial charge in [0.15, 0.2) is 5.78 Å². The van der Waals surface area contributed by atoms with Gasteiger partial charge in [-0.15, -0.1) is 0 Å². The van der Waals surface area contributed by atoms with Crippen molar-refractivity contribution < 1.29 is 33.6 Å². The second-order valence-electron chi connectivity index (χ2n) is 10.3. The number of carboxylic acids is 1. The zero-order chi connectivity index (χ0) is 33.6. The highest BCUT2D eigenvalue weighted by Crippen LogP contribution is 2.24. The Bertz CT molecular complexity index is 1740. The van der Waals surface area contributed by atoms with E-state index < -0.39 is 5.97 Å². The van der Waals surface area contributed by atoms with Gasteiger partial charge < -0.3 is 24.1 Å². The number of carbonyl (C=O) groups excluding carboxylic acids is 1. The molecule has 9 heteroatoms. The Morgan fingerprint density at radius 2 is 0.917 bits per heavy atom. The van der Waals surface area contributed by atoms with Gasteiger partial charge in [-0.05, 0) is 78.7 Å². The summed E-state index contributed by atoms with van der Waals surface area (Å²) in [5, 5.41) is 8.83. The molecule has 0 aliphatic rings. The smallest absolute Gasteiger partial charge is 0.337 e. The average Bonchev–Trinajstić information content (AvgIpc) is 3.13. The molecular weight excluding hydrogens is 608 g/mol. The van der Waals surface area contributed by atoms with Gasteiger partial charge in [-0.25, -0.2) is 14.8 Å². The second-order valence-corrected chi connectivity index (χ2v) is 10.3. The molecule has 9 nitrogen and oxygen atoms in total. The largest absolute Gasteiger partial charge is 0.489 e. The Hall–Kier alpha value is -6.48. The number of nitrogens with zero attached hydrogens (tertiary/aromatic N) is 2. The number of aromatic nitrogens is 2. The minimum Gasteiger partial charge on any atom is -0.489 e. The van der Waals surface area contributed by atoms with Crippen molar-refractivity contribution in [2.75, 3.05) is 0 Å². The minimum absolute atomic E-state index is 0.0195. The summed E-state index contributed by atoms with van der Waals surface area (Å²) < 4.78 is 22.7. The molecule has 0 spiro atoms. The van der Waals surface area contributed by atoms with E-state index in [0.717, 1.165) is 22.6 Å². The van der Waals surface area contributed by atoms with Crippen molar-refractivity contribution in [2.24, 2.45) is 0 Å². The number of aromatic carboxylic acids is 1. The van der Waals surface area contributed by atoms with E-state index in [1.54, 1.807) is 24.3 Å². The van der Waals surface area contributed by atoms with Crippen LogP contribution in [0.15, 0.2) is 146 Å². The Balaban J connectivity index is 0.000000188. The number of carbonyl (C=O) groups is 2. The Morgan fingerprint density at radius 3 is 1.27 bits per heavy atom. The van der Waals surface area contributed by atoms with E-state index in [0.29, 0.717) is 42.0 Å². The van der Waals surface area contributed by atoms with Crippen LogP contribution in [-0.4, -0.2) is 26.8 Å². The van der Waals surface area contributed by atoms with Crippen LogP contribution in [0.5, 0.6) is 34.8 Å². The van der Waals surface area contributed by atoms with Gasteiger partial charge in [-0.2, -0.15) is 0 Å². The maximum atomic E-state index is 11.2. The zero-order valence-electron chi connectivity index (χ0n) is 26.1. The van der Waals surface area contributed by atoms with Gasteiger partial charge in [0, 0.05) is 30.1 Å². The van der Waals surface area contributed by atoms with Crippen LogP contribution in [0.1, 0.15) is 38.8 Å². The SMILES string of the molecule is CC(=O)c1ccc(Oc2ccc(OCc3ccccc3)cc2)nc1.O=C(O)c1ccc(Oc2ccc(OCc3ccccc3)cc2)nc1. The molecule has 1 N–H and O–H groups in total. The zero-order valence-corrected chi connectivity index (χ0v) is 26.1. The molecule has 240 valence electrons. The van der Waals surface area contributed by atoms with Crippen LogP contribution >= 0.6 is 0 Å². The van der Waals surface area contributed by atoms with E-state index in [9.17, 15) is 9.59 Å². The third kappa shape index (κ3) is 10.3. The number of pyridine rings is 2. The van der Waals surface area contributed by atoms with Crippen molar-refractivity contribution in [3.8, 4) is 34.8 Å². The lowest BCUT2D eigenvalue weighted by atomic mass is 10.2. The predicted molar refractivity (Wildman–Crippen MR) is 180 cm³/mol. The standard InChI is InChI=1S/C20H17NO3.C19H15NO4/c1-15(22)17-7-12-20(21-13-17)24-19-10-8-18(9-11-19)23-14-16-5-3-2-4-6-16;21-19(22)15-6-11-18(20-12-15)24-17-9-7-16(8-10-17)23-13-14-4-2-1-3-5-14/h2-13H,14H2,1H3;1-12H,13H2,(H,21,22). The lowest BCUT2D eigenvalue weighted by Crippen LogP contribution is -1.97. The molecule has 0 fully saturated rings. The monoisotopic (exact) mass is 640 g/mol. The van der Waals surface area contributed by atoms with Crippen molar-refractivity contribution in [1.82, 2.24) is 9.97 Å². The molecule has 6 aromatic rings. The predicted octanol–water partition coefficient (Wildman–Crippen LogP) is 8.81. The van der Waals surface area contributed by atoms with Crippen molar-refractivity contribution >= 4 is 11.8 Å². The van der Waals surface area contributed by atoms with Gasteiger partial charge in [0.1, 0.15) is 36.2 Å². The fourth-order valence-electron chi connectivity index (χ4n) is 4.15. The second kappa shape index (κ2) is 16.7. The fourth-order valence-corrected chi connectivity index (χ4v) is 4.15. The van der Waals surface area contributed by atoms with Gasteiger partial charge in [0.25, 0.3) is 0 Å². The fraction of sp³-hybridized carbons (Fsp3) is 0.0769. The summed E-state index contributed by atoms with van der Waals surface area (Å²) in [6, 6.07) is 40.7. The topological polar surface area (TPSA) is 117 Å². The maximum Gasteiger partial charge on any atom is 0.337 e. The third-order valence-corrected chi connectivity index (χ3v) is 6.72. The molecule has 0 radical (unpaired) electrons. The van der Waals surface area contributed by atoms with Gasteiger partial charge in [0.2, 0.25) is 11.8 Å². The molecule has 48 heavy (non-hydrogen) atoms. The number of Topliss-reactive ketones (excluding diaryl/α,β-unsaturated/α-hetero) is 1. The number of carboxylic acid groups (broad SMARTS) is 1. The molecular formula is C39H32N2O7. The molecule has 2 aromatic heterocycles. The van der Waals surface area contributed by atoms with Crippen LogP contribution in [-0.2, 0) is 13.2 Å². The Morgan fingerprint density at radius 1 is 0.521 bits per heavy atom. The van der Waals surface area contributed by atoms with Gasteiger partial charge >= 0.3 is 5.97 Å². The average molecular weight is 641 g/mol. The van der Waals surface area contributed by atoms with Crippen LogP contribution in [0, 0.1) is 0 Å². The number of ketones is 1. The van der Waals surface area contributed by atoms with E-state index in [1.165, 1.54) is 31.5 Å².